The van der Waals surface area contributed by atoms with Gasteiger partial charge in [0, 0.05) is 18.8 Å². The van der Waals surface area contributed by atoms with Crippen LogP contribution in [0, 0.1) is 11.3 Å². The van der Waals surface area contributed by atoms with Crippen LogP contribution < -0.4 is 0 Å². The molecular formula is C20H31NO3. The maximum atomic E-state index is 12.9. The summed E-state index contributed by atoms with van der Waals surface area (Å²) in [6, 6.07) is 0. The summed E-state index contributed by atoms with van der Waals surface area (Å²) in [5.74, 6) is 0.348. The van der Waals surface area contributed by atoms with Gasteiger partial charge in [-0.1, -0.05) is 37.6 Å². The summed E-state index contributed by atoms with van der Waals surface area (Å²) < 4.78 is 0. The van der Waals surface area contributed by atoms with Crippen molar-refractivity contribution in [1.82, 2.24) is 0 Å². The molecule has 0 spiro atoms. The number of carbonyl (C=O) groups excluding carboxylic acids is 1. The summed E-state index contributed by atoms with van der Waals surface area (Å²) in [7, 11) is 0. The molecule has 1 aliphatic carbocycles. The number of Topliss-reactive ketones (excluding diaryl/α,β-unsaturated/α-hetero) is 1. The molecule has 0 saturated carbocycles. The molecule has 0 aromatic heterocycles. The van der Waals surface area contributed by atoms with Gasteiger partial charge in [0.25, 0.3) is 0 Å². The number of oxime groups is 1. The molecule has 2 atom stereocenters. The minimum absolute atomic E-state index is 0.0115. The van der Waals surface area contributed by atoms with E-state index in [1.807, 2.05) is 6.92 Å². The molecule has 2 rings (SSSR count). The van der Waals surface area contributed by atoms with Crippen LogP contribution in [0.25, 0.3) is 0 Å². The van der Waals surface area contributed by atoms with Gasteiger partial charge in [0.05, 0.1) is 12.3 Å². The number of aliphatic hydroxyl groups is 1. The summed E-state index contributed by atoms with van der Waals surface area (Å²) in [5, 5.41) is 13.2. The number of rotatable bonds is 6. The topological polar surface area (TPSA) is 58.9 Å². The molecule has 1 heterocycles. The van der Waals surface area contributed by atoms with E-state index in [2.05, 4.69) is 32.9 Å². The molecule has 4 heteroatoms. The SMILES string of the molecule is CC1=C(C(=O)CC(C)C2=NOC(/C(C)=C/CO)C2)C(C)(C)CCC1. The summed E-state index contributed by atoms with van der Waals surface area (Å²) in [5.41, 5.74) is 4.21. The Kier molecular flexibility index (Phi) is 6.02. The second-order valence-electron chi connectivity index (χ2n) is 7.93. The van der Waals surface area contributed by atoms with Crippen LogP contribution in [0.15, 0.2) is 28.0 Å². The fourth-order valence-corrected chi connectivity index (χ4v) is 3.94. The van der Waals surface area contributed by atoms with Gasteiger partial charge in [0.15, 0.2) is 11.9 Å². The van der Waals surface area contributed by atoms with Gasteiger partial charge in [-0.05, 0) is 49.7 Å². The third-order valence-electron chi connectivity index (χ3n) is 5.41. The number of allylic oxidation sites excluding steroid dienone is 2. The first-order valence-corrected chi connectivity index (χ1v) is 8.99. The lowest BCUT2D eigenvalue weighted by Crippen LogP contribution is -2.28. The van der Waals surface area contributed by atoms with Crippen molar-refractivity contribution in [2.45, 2.75) is 72.8 Å². The first-order valence-electron chi connectivity index (χ1n) is 8.99. The van der Waals surface area contributed by atoms with Crippen molar-refractivity contribution in [2.24, 2.45) is 16.5 Å². The highest BCUT2D eigenvalue weighted by Gasteiger charge is 2.34. The zero-order valence-electron chi connectivity index (χ0n) is 15.7. The molecule has 0 saturated heterocycles. The number of nitrogens with zero attached hydrogens (tertiary/aromatic N) is 1. The molecule has 2 aliphatic rings. The van der Waals surface area contributed by atoms with E-state index in [1.165, 1.54) is 12.0 Å². The number of hydrogen-bond donors (Lipinski definition) is 1. The van der Waals surface area contributed by atoms with Gasteiger partial charge < -0.3 is 9.94 Å². The molecule has 0 aromatic rings. The van der Waals surface area contributed by atoms with Crippen LogP contribution in [0.1, 0.15) is 66.7 Å². The predicted octanol–water partition coefficient (Wildman–Crippen LogP) is 4.19. The van der Waals surface area contributed by atoms with Crippen LogP contribution >= 0.6 is 0 Å². The molecular weight excluding hydrogens is 302 g/mol. The lowest BCUT2D eigenvalue weighted by atomic mass is 9.70. The number of aliphatic hydroxyl groups excluding tert-OH is 1. The van der Waals surface area contributed by atoms with E-state index >= 15 is 0 Å². The molecule has 0 amide bonds. The van der Waals surface area contributed by atoms with E-state index in [0.717, 1.165) is 29.7 Å². The third kappa shape index (κ3) is 4.15. The Labute approximate surface area is 145 Å². The fourth-order valence-electron chi connectivity index (χ4n) is 3.94. The van der Waals surface area contributed by atoms with Crippen molar-refractivity contribution < 1.29 is 14.7 Å². The highest BCUT2D eigenvalue weighted by molar-refractivity contribution is 6.01. The van der Waals surface area contributed by atoms with E-state index in [-0.39, 0.29) is 29.8 Å². The Balaban J connectivity index is 2.01. The highest BCUT2D eigenvalue weighted by atomic mass is 16.6. The van der Waals surface area contributed by atoms with Crippen LogP contribution in [0.2, 0.25) is 0 Å². The quantitative estimate of drug-likeness (QED) is 0.741. The Bertz CT molecular complexity index is 584. The van der Waals surface area contributed by atoms with E-state index in [0.29, 0.717) is 12.8 Å². The van der Waals surface area contributed by atoms with Crippen LogP contribution in [0.3, 0.4) is 0 Å². The highest BCUT2D eigenvalue weighted by Crippen LogP contribution is 2.41. The van der Waals surface area contributed by atoms with Crippen molar-refractivity contribution in [1.29, 1.82) is 0 Å². The van der Waals surface area contributed by atoms with Crippen LogP contribution in [-0.2, 0) is 9.63 Å². The van der Waals surface area contributed by atoms with E-state index in [4.69, 9.17) is 9.94 Å². The Morgan fingerprint density at radius 1 is 1.50 bits per heavy atom. The van der Waals surface area contributed by atoms with Crippen LogP contribution in [-0.4, -0.2) is 29.3 Å². The molecule has 24 heavy (non-hydrogen) atoms. The number of hydrogen-bond acceptors (Lipinski definition) is 4. The molecule has 0 bridgehead atoms. The molecule has 1 aliphatic heterocycles. The van der Waals surface area contributed by atoms with Crippen molar-refractivity contribution >= 4 is 11.5 Å². The molecule has 0 fully saturated rings. The summed E-state index contributed by atoms with van der Waals surface area (Å²) in [4.78, 5) is 18.4. The molecule has 0 radical (unpaired) electrons. The maximum absolute atomic E-state index is 12.9. The normalized spacial score (nSPS) is 25.3. The molecule has 134 valence electrons. The molecule has 2 unspecified atom stereocenters. The van der Waals surface area contributed by atoms with Gasteiger partial charge in [-0.2, -0.15) is 0 Å². The minimum Gasteiger partial charge on any atom is -0.392 e. The van der Waals surface area contributed by atoms with E-state index in [9.17, 15) is 4.79 Å². The van der Waals surface area contributed by atoms with Gasteiger partial charge in [0.2, 0.25) is 0 Å². The lowest BCUT2D eigenvalue weighted by molar-refractivity contribution is -0.117. The van der Waals surface area contributed by atoms with Crippen molar-refractivity contribution in [3.63, 3.8) is 0 Å². The Morgan fingerprint density at radius 2 is 2.21 bits per heavy atom. The van der Waals surface area contributed by atoms with Gasteiger partial charge in [-0.25, -0.2) is 0 Å². The predicted molar refractivity (Wildman–Crippen MR) is 96.9 cm³/mol. The van der Waals surface area contributed by atoms with Crippen molar-refractivity contribution in [2.75, 3.05) is 6.61 Å². The number of ketones is 1. The first kappa shape index (κ1) is 18.9. The summed E-state index contributed by atoms with van der Waals surface area (Å²) in [6.07, 6.45) is 6.14. The second-order valence-corrected chi connectivity index (χ2v) is 7.93. The van der Waals surface area contributed by atoms with Gasteiger partial charge in [0.1, 0.15) is 0 Å². The molecule has 0 aromatic carbocycles. The average Bonchev–Trinajstić information content (AvgIpc) is 2.96. The van der Waals surface area contributed by atoms with Crippen LogP contribution in [0.5, 0.6) is 0 Å². The third-order valence-corrected chi connectivity index (χ3v) is 5.41. The number of carbonyl (C=O) groups is 1. The maximum Gasteiger partial charge on any atom is 0.159 e. The average molecular weight is 333 g/mol. The molecule has 1 N–H and O–H groups in total. The standard InChI is InChI=1S/C20H31NO3/c1-13(8-10-22)18-12-16(21-24-18)15(3)11-17(23)19-14(2)7-6-9-20(19,4)5/h8,15,18,22H,6-7,9-12H2,1-5H3/b13-8+. The minimum atomic E-state index is -0.100. The van der Waals surface area contributed by atoms with E-state index in [1.54, 1.807) is 6.08 Å². The van der Waals surface area contributed by atoms with Crippen molar-refractivity contribution in [3.8, 4) is 0 Å². The first-order chi connectivity index (χ1) is 11.3. The zero-order chi connectivity index (χ0) is 17.9. The van der Waals surface area contributed by atoms with Crippen molar-refractivity contribution in [3.05, 3.63) is 22.8 Å². The Hall–Kier alpha value is -1.42. The van der Waals surface area contributed by atoms with Gasteiger partial charge in [-0.3, -0.25) is 4.79 Å². The Morgan fingerprint density at radius 3 is 2.83 bits per heavy atom. The van der Waals surface area contributed by atoms with E-state index < -0.39 is 0 Å². The lowest BCUT2D eigenvalue weighted by Gasteiger charge is -2.34. The molecule has 4 nitrogen and oxygen atoms in total. The summed E-state index contributed by atoms with van der Waals surface area (Å²) >= 11 is 0. The van der Waals surface area contributed by atoms with Crippen LogP contribution in [0.4, 0.5) is 0 Å². The van der Waals surface area contributed by atoms with Gasteiger partial charge >= 0.3 is 0 Å². The van der Waals surface area contributed by atoms with Gasteiger partial charge in [-0.15, -0.1) is 0 Å². The smallest absolute Gasteiger partial charge is 0.159 e. The largest absolute Gasteiger partial charge is 0.392 e. The summed E-state index contributed by atoms with van der Waals surface area (Å²) in [6.45, 7) is 10.5. The zero-order valence-corrected chi connectivity index (χ0v) is 15.7. The second kappa shape index (κ2) is 7.64. The monoisotopic (exact) mass is 333 g/mol. The fraction of sp³-hybridized carbons (Fsp3) is 0.700.